The van der Waals surface area contributed by atoms with Gasteiger partial charge in [-0.25, -0.2) is 4.98 Å². The van der Waals surface area contributed by atoms with Gasteiger partial charge in [0.15, 0.2) is 0 Å². The van der Waals surface area contributed by atoms with Crippen LogP contribution in [0.25, 0.3) is 0 Å². The second-order valence-corrected chi connectivity index (χ2v) is 4.10. The number of halogens is 3. The van der Waals surface area contributed by atoms with Crippen molar-refractivity contribution in [3.8, 4) is 0 Å². The van der Waals surface area contributed by atoms with Gasteiger partial charge in [-0.05, 0) is 51.2 Å². The lowest BCUT2D eigenvalue weighted by Gasteiger charge is -1.92. The van der Waals surface area contributed by atoms with Gasteiger partial charge in [-0.2, -0.15) is 0 Å². The number of rotatable bonds is 0. The molecule has 1 aromatic rings. The van der Waals surface area contributed by atoms with Gasteiger partial charge in [0.1, 0.15) is 3.70 Å². The third-order valence-electron chi connectivity index (χ3n) is 0.763. The smallest absolute Gasteiger partial charge is 0.119 e. The fourth-order valence-corrected chi connectivity index (χ4v) is 1.49. The van der Waals surface area contributed by atoms with E-state index in [2.05, 4.69) is 50.2 Å². The lowest BCUT2D eigenvalue weighted by molar-refractivity contribution is 1.25. The summed E-state index contributed by atoms with van der Waals surface area (Å²) in [6, 6.07) is 1.89. The van der Waals surface area contributed by atoms with Crippen molar-refractivity contribution in [3.63, 3.8) is 0 Å². The Labute approximate surface area is 85.5 Å². The van der Waals surface area contributed by atoms with Gasteiger partial charge in [0, 0.05) is 9.77 Å². The van der Waals surface area contributed by atoms with E-state index in [1.165, 1.54) is 0 Å². The maximum Gasteiger partial charge on any atom is 0.119 e. The zero-order valence-electron chi connectivity index (χ0n) is 4.24. The molecule has 1 nitrogen and oxygen atoms in total. The molecule has 0 radical (unpaired) electrons. The zero-order valence-corrected chi connectivity index (χ0v) is 9.31. The molecule has 9 heavy (non-hydrogen) atoms. The van der Waals surface area contributed by atoms with Crippen molar-refractivity contribution in [2.24, 2.45) is 0 Å². The SMILES string of the molecule is Clc1cc(I)cnc1I. The van der Waals surface area contributed by atoms with E-state index in [1.807, 2.05) is 6.07 Å². The number of hydrogen-bond acceptors (Lipinski definition) is 1. The molecule has 0 aromatic carbocycles. The highest BCUT2D eigenvalue weighted by Gasteiger charge is 1.95. The Morgan fingerprint density at radius 1 is 1.44 bits per heavy atom. The van der Waals surface area contributed by atoms with E-state index < -0.39 is 0 Å². The van der Waals surface area contributed by atoms with E-state index in [1.54, 1.807) is 6.20 Å². The molecule has 0 bridgehead atoms. The summed E-state index contributed by atoms with van der Waals surface area (Å²) in [5, 5.41) is 0.725. The molecule has 1 rings (SSSR count). The molecule has 0 N–H and O–H groups in total. The van der Waals surface area contributed by atoms with Crippen molar-refractivity contribution >= 4 is 56.8 Å². The second-order valence-electron chi connectivity index (χ2n) is 1.43. The van der Waals surface area contributed by atoms with E-state index in [-0.39, 0.29) is 0 Å². The van der Waals surface area contributed by atoms with Crippen LogP contribution in [0.5, 0.6) is 0 Å². The summed E-state index contributed by atoms with van der Waals surface area (Å²) < 4.78 is 1.92. The molecule has 0 saturated heterocycles. The summed E-state index contributed by atoms with van der Waals surface area (Å²) in [6.45, 7) is 0. The number of hydrogen-bond donors (Lipinski definition) is 0. The van der Waals surface area contributed by atoms with Gasteiger partial charge in [-0.3, -0.25) is 0 Å². The summed E-state index contributed by atoms with van der Waals surface area (Å²) >= 11 is 10.0. The minimum atomic E-state index is 0.725. The molecule has 1 aromatic heterocycles. The fourth-order valence-electron chi connectivity index (χ4n) is 0.398. The third kappa shape index (κ3) is 2.19. The van der Waals surface area contributed by atoms with Gasteiger partial charge in [-0.15, -0.1) is 0 Å². The summed E-state index contributed by atoms with van der Waals surface area (Å²) in [6.07, 6.45) is 1.79. The Bertz CT molecular complexity index is 226. The quantitative estimate of drug-likeness (QED) is 0.509. The van der Waals surface area contributed by atoms with Crippen molar-refractivity contribution in [2.45, 2.75) is 0 Å². The van der Waals surface area contributed by atoms with Crippen LogP contribution in [0.15, 0.2) is 12.3 Å². The summed E-state index contributed by atoms with van der Waals surface area (Å²) in [4.78, 5) is 4.03. The molecule has 0 unspecified atom stereocenters. The van der Waals surface area contributed by atoms with Gasteiger partial charge in [0.2, 0.25) is 0 Å². The van der Waals surface area contributed by atoms with E-state index >= 15 is 0 Å². The molecule has 0 fully saturated rings. The Hall–Kier alpha value is 0.900. The standard InChI is InChI=1S/C5H2ClI2N/c6-4-1-3(7)2-9-5(4)8/h1-2H. The molecule has 0 saturated carbocycles. The molecule has 4 heteroatoms. The van der Waals surface area contributed by atoms with Crippen LogP contribution in [-0.2, 0) is 0 Å². The highest BCUT2D eigenvalue weighted by Crippen LogP contribution is 2.17. The maximum atomic E-state index is 5.74. The Kier molecular flexibility index (Phi) is 2.97. The van der Waals surface area contributed by atoms with Crippen molar-refractivity contribution in [1.29, 1.82) is 0 Å². The molecule has 0 atom stereocenters. The van der Waals surface area contributed by atoms with Gasteiger partial charge >= 0.3 is 0 Å². The van der Waals surface area contributed by atoms with E-state index in [4.69, 9.17) is 11.6 Å². The molecule has 1 heterocycles. The van der Waals surface area contributed by atoms with Crippen LogP contribution in [-0.4, -0.2) is 4.98 Å². The van der Waals surface area contributed by atoms with Crippen LogP contribution in [0, 0.1) is 7.27 Å². The Morgan fingerprint density at radius 3 is 2.56 bits per heavy atom. The summed E-state index contributed by atoms with van der Waals surface area (Å²) in [5.41, 5.74) is 0. The molecular weight excluding hydrogens is 363 g/mol. The zero-order chi connectivity index (χ0) is 6.85. The van der Waals surface area contributed by atoms with Gasteiger partial charge in [0.25, 0.3) is 0 Å². The number of pyridine rings is 1. The Morgan fingerprint density at radius 2 is 2.11 bits per heavy atom. The number of nitrogens with zero attached hydrogens (tertiary/aromatic N) is 1. The minimum absolute atomic E-state index is 0.725. The second kappa shape index (κ2) is 3.34. The van der Waals surface area contributed by atoms with Gasteiger partial charge in [0.05, 0.1) is 5.02 Å². The molecule has 0 aliphatic carbocycles. The topological polar surface area (TPSA) is 12.9 Å². The van der Waals surface area contributed by atoms with Crippen molar-refractivity contribution < 1.29 is 0 Å². The highest BCUT2D eigenvalue weighted by molar-refractivity contribution is 14.1. The van der Waals surface area contributed by atoms with Crippen LogP contribution >= 0.6 is 56.8 Å². The van der Waals surface area contributed by atoms with Crippen molar-refractivity contribution in [3.05, 3.63) is 24.6 Å². The predicted octanol–water partition coefficient (Wildman–Crippen LogP) is 2.94. The van der Waals surface area contributed by atoms with Gasteiger partial charge in [-0.1, -0.05) is 11.6 Å². The monoisotopic (exact) mass is 365 g/mol. The minimum Gasteiger partial charge on any atom is -0.248 e. The average molecular weight is 365 g/mol. The summed E-state index contributed by atoms with van der Waals surface area (Å²) in [7, 11) is 0. The lowest BCUT2D eigenvalue weighted by Crippen LogP contribution is -1.81. The van der Waals surface area contributed by atoms with Crippen LogP contribution in [0.1, 0.15) is 0 Å². The first-order chi connectivity index (χ1) is 4.20. The maximum absolute atomic E-state index is 5.74. The molecule has 0 spiro atoms. The fraction of sp³-hybridized carbons (Fsp3) is 0. The normalized spacial score (nSPS) is 9.67. The number of aromatic nitrogens is 1. The summed E-state index contributed by atoms with van der Waals surface area (Å²) in [5.74, 6) is 0. The average Bonchev–Trinajstić information content (AvgIpc) is 1.80. The molecule has 48 valence electrons. The van der Waals surface area contributed by atoms with Crippen LogP contribution < -0.4 is 0 Å². The van der Waals surface area contributed by atoms with E-state index in [0.717, 1.165) is 12.3 Å². The largest absolute Gasteiger partial charge is 0.248 e. The Balaban J connectivity index is 3.17. The van der Waals surface area contributed by atoms with Gasteiger partial charge < -0.3 is 0 Å². The van der Waals surface area contributed by atoms with Crippen LogP contribution in [0.2, 0.25) is 5.02 Å². The van der Waals surface area contributed by atoms with Crippen molar-refractivity contribution in [2.75, 3.05) is 0 Å². The third-order valence-corrected chi connectivity index (χ3v) is 2.82. The first-order valence-corrected chi connectivity index (χ1v) is 4.70. The van der Waals surface area contributed by atoms with Crippen LogP contribution in [0.3, 0.4) is 0 Å². The predicted molar refractivity (Wildman–Crippen MR) is 54.7 cm³/mol. The first-order valence-electron chi connectivity index (χ1n) is 2.16. The highest BCUT2D eigenvalue weighted by atomic mass is 127. The van der Waals surface area contributed by atoms with Crippen molar-refractivity contribution in [1.82, 2.24) is 4.98 Å². The van der Waals surface area contributed by atoms with Crippen LogP contribution in [0.4, 0.5) is 0 Å². The molecule has 0 aliphatic heterocycles. The van der Waals surface area contributed by atoms with E-state index in [0.29, 0.717) is 0 Å². The first kappa shape index (κ1) is 8.00. The molecule has 0 amide bonds. The van der Waals surface area contributed by atoms with E-state index in [9.17, 15) is 0 Å². The molecule has 0 aliphatic rings. The molecular formula is C5H2ClI2N. The lowest BCUT2D eigenvalue weighted by atomic mass is 10.5.